The molecule has 2 aliphatic rings. The van der Waals surface area contributed by atoms with Gasteiger partial charge in [0, 0.05) is 61.4 Å². The molecule has 6 aromatic rings. The maximum absolute atomic E-state index is 14.2. The Hall–Kier alpha value is -5.61. The molecule has 4 N–H and O–H groups in total. The lowest BCUT2D eigenvalue weighted by Crippen LogP contribution is -2.41. The number of fused-ring (bicyclic) bond motifs is 1. The Balaban J connectivity index is 0.000000169. The van der Waals surface area contributed by atoms with E-state index in [4.69, 9.17) is 54.8 Å². The monoisotopic (exact) mass is 945 g/mol. The number of carboxylic acid groups (broad SMARTS) is 1. The Kier molecular flexibility index (Phi) is 17.6. The van der Waals surface area contributed by atoms with E-state index in [0.29, 0.717) is 84.8 Å². The van der Waals surface area contributed by atoms with Gasteiger partial charge in [0.1, 0.15) is 26.1 Å². The number of hydrogen-bond donors (Lipinski definition) is 3. The van der Waals surface area contributed by atoms with Crippen LogP contribution in [0.5, 0.6) is 0 Å². The Bertz CT molecular complexity index is 2670. The number of nitrogen functional groups attached to an aromatic ring is 1. The summed E-state index contributed by atoms with van der Waals surface area (Å²) in [6, 6.07) is 17.8. The molecule has 62 heavy (non-hydrogen) atoms. The minimum atomic E-state index is -0.998. The summed E-state index contributed by atoms with van der Waals surface area (Å²) in [7, 11) is 6.30. The van der Waals surface area contributed by atoms with E-state index in [2.05, 4.69) is 15.0 Å². The predicted molar refractivity (Wildman–Crippen MR) is 234 cm³/mol. The molecule has 2 aliphatic heterocycles. The van der Waals surface area contributed by atoms with E-state index >= 15 is 0 Å². The van der Waals surface area contributed by atoms with E-state index in [1.165, 1.54) is 46.4 Å². The topological polar surface area (TPSA) is 203 Å². The highest BCUT2D eigenvalue weighted by Gasteiger charge is 2.23. The molecule has 8 rings (SSSR count). The molecule has 0 radical (unpaired) electrons. The van der Waals surface area contributed by atoms with Crippen molar-refractivity contribution >= 4 is 95.9 Å². The van der Waals surface area contributed by atoms with E-state index in [-0.39, 0.29) is 32.8 Å². The summed E-state index contributed by atoms with van der Waals surface area (Å²) in [4.78, 5) is 72.4. The van der Waals surface area contributed by atoms with Gasteiger partial charge in [0.25, 0.3) is 22.6 Å². The van der Waals surface area contributed by atoms with Crippen LogP contribution in [0.2, 0.25) is 0 Å². The first-order valence-electron chi connectivity index (χ1n) is 18.2. The van der Waals surface area contributed by atoms with Crippen LogP contribution in [-0.2, 0) is 9.47 Å². The van der Waals surface area contributed by atoms with Gasteiger partial charge in [-0.05, 0) is 107 Å². The number of morpholine rings is 2. The molecule has 22 heteroatoms. The maximum Gasteiger partial charge on any atom is 0.338 e. The van der Waals surface area contributed by atoms with Crippen molar-refractivity contribution in [1.29, 1.82) is 0 Å². The van der Waals surface area contributed by atoms with Crippen LogP contribution in [-0.4, -0.2) is 109 Å². The van der Waals surface area contributed by atoms with Gasteiger partial charge in [-0.15, -0.1) is 0 Å². The number of ether oxygens (including phenoxy) is 2. The van der Waals surface area contributed by atoms with Gasteiger partial charge in [0.05, 0.1) is 59.8 Å². The summed E-state index contributed by atoms with van der Waals surface area (Å²) in [5, 5.41) is 8.88. The van der Waals surface area contributed by atoms with Gasteiger partial charge in [-0.25, -0.2) is 27.5 Å². The predicted octanol–water partition coefficient (Wildman–Crippen LogP) is 7.09. The van der Waals surface area contributed by atoms with E-state index in [1.807, 2.05) is 0 Å². The number of nitrogens with two attached hydrogens (primary N) is 1. The number of aromatic amines is 1. The van der Waals surface area contributed by atoms with Crippen molar-refractivity contribution < 1.29 is 42.5 Å². The molecule has 2 fully saturated rings. The molecule has 2 amide bonds. The zero-order valence-electron chi connectivity index (χ0n) is 32.2. The first-order chi connectivity index (χ1) is 29.8. The Morgan fingerprint density at radius 3 is 1.90 bits per heavy atom. The maximum atomic E-state index is 14.2. The number of H-pyrrole nitrogens is 1. The van der Waals surface area contributed by atoms with Crippen molar-refractivity contribution in [3.8, 4) is 5.69 Å². The van der Waals surface area contributed by atoms with Gasteiger partial charge in [0.2, 0.25) is 0 Å². The van der Waals surface area contributed by atoms with Gasteiger partial charge in [-0.1, -0.05) is 12.2 Å². The number of pyridine rings is 3. The summed E-state index contributed by atoms with van der Waals surface area (Å²) in [6.45, 7) is 3.71. The number of aromatic carboxylic acids is 1. The lowest BCUT2D eigenvalue weighted by molar-refractivity contribution is 0.0298. The quantitative estimate of drug-likeness (QED) is 0.0869. The van der Waals surface area contributed by atoms with Crippen molar-refractivity contribution in [2.24, 2.45) is 0 Å². The van der Waals surface area contributed by atoms with Crippen LogP contribution in [0.1, 0.15) is 41.4 Å². The fraction of sp³-hybridized carbons (Fsp3) is 0.200. The third kappa shape index (κ3) is 12.5. The fourth-order valence-electron chi connectivity index (χ4n) is 5.61. The van der Waals surface area contributed by atoms with Gasteiger partial charge in [-0.2, -0.15) is 0 Å². The zero-order chi connectivity index (χ0) is 44.8. The van der Waals surface area contributed by atoms with Crippen LogP contribution in [0.4, 0.5) is 14.5 Å². The Morgan fingerprint density at radius 1 is 0.806 bits per heavy atom. The van der Waals surface area contributed by atoms with Gasteiger partial charge >= 0.3 is 5.97 Å². The third-order valence-corrected chi connectivity index (χ3v) is 11.2. The van der Waals surface area contributed by atoms with Crippen LogP contribution < -0.4 is 11.3 Å². The van der Waals surface area contributed by atoms with Crippen LogP contribution in [0.25, 0.3) is 15.9 Å². The standard InChI is InChI=1S/C17H14FN3O3S.C11H13FN2O2.C6H3Cl2NOS.C6H5NO2S/c18-14-4-3-11(10-13(14)16(22)20-6-8-24-9-7-20)21-17(23)12-2-1-5-19-15(12)25-21;12-10-2-1-8(13)7-9(10)11(15)14-3-5-16-6-4-14;7-5(10)4-2-1-3-9-6(4)11-8;8-6(9)4-2-1-3-7-5(4)10/h1-5,10H,6-9H2;1-2,7H,3-6,13H2;1-3H;1-3H,(H,7,10)(H,8,9). The Labute approximate surface area is 374 Å². The van der Waals surface area contributed by atoms with Crippen LogP contribution in [0, 0.1) is 16.3 Å². The summed E-state index contributed by atoms with van der Waals surface area (Å²) in [5.41, 5.74) is 6.60. The number of rotatable bonds is 6. The average Bonchev–Trinajstić information content (AvgIpc) is 3.63. The van der Waals surface area contributed by atoms with Crippen molar-refractivity contribution in [2.75, 3.05) is 58.3 Å². The lowest BCUT2D eigenvalue weighted by atomic mass is 10.1. The average molecular weight is 947 g/mol. The molecule has 0 unspecified atom stereocenters. The highest BCUT2D eigenvalue weighted by Crippen LogP contribution is 2.24. The molecule has 6 heterocycles. The van der Waals surface area contributed by atoms with Crippen molar-refractivity contribution in [3.63, 3.8) is 0 Å². The van der Waals surface area contributed by atoms with Crippen molar-refractivity contribution in [2.45, 2.75) is 5.03 Å². The van der Waals surface area contributed by atoms with Gasteiger partial charge < -0.3 is 35.1 Å². The molecule has 0 bridgehead atoms. The van der Waals surface area contributed by atoms with Crippen LogP contribution >= 0.6 is 57.0 Å². The number of nitrogens with zero attached hydrogens (tertiary/aromatic N) is 5. The van der Waals surface area contributed by atoms with Gasteiger partial charge in [-0.3, -0.25) is 19.2 Å². The summed E-state index contributed by atoms with van der Waals surface area (Å²) < 4.78 is 39.7. The molecule has 324 valence electrons. The smallest absolute Gasteiger partial charge is 0.338 e. The molecule has 2 saturated heterocycles. The molecule has 4 aromatic heterocycles. The minimum Gasteiger partial charge on any atom is -0.478 e. The second-order valence-electron chi connectivity index (χ2n) is 12.7. The molecule has 2 aromatic carbocycles. The molecular weight excluding hydrogens is 912 g/mol. The molecule has 0 aliphatic carbocycles. The fourth-order valence-corrected chi connectivity index (χ4v) is 7.69. The third-order valence-electron chi connectivity index (χ3n) is 8.70. The molecular formula is C40H35Cl2F2N7O8S3. The molecule has 15 nitrogen and oxygen atoms in total. The normalized spacial score (nSPS) is 13.4. The number of nitrogens with one attached hydrogen (secondary N) is 1. The lowest BCUT2D eigenvalue weighted by Gasteiger charge is -2.27. The Morgan fingerprint density at radius 2 is 1.37 bits per heavy atom. The molecule has 0 spiro atoms. The number of anilines is 1. The highest BCUT2D eigenvalue weighted by molar-refractivity contribution is 8.21. The number of carbonyl (C=O) groups excluding carboxylic acids is 3. The van der Waals surface area contributed by atoms with E-state index in [0.717, 1.165) is 22.5 Å². The van der Waals surface area contributed by atoms with Crippen LogP contribution in [0.15, 0.2) is 101 Å². The second kappa shape index (κ2) is 23.0. The van der Waals surface area contributed by atoms with Gasteiger partial charge in [0.15, 0.2) is 0 Å². The number of hydrogen-bond acceptors (Lipinski definition) is 13. The summed E-state index contributed by atoms with van der Waals surface area (Å²) in [5.74, 6) is -2.86. The number of carboxylic acids is 1. The molecule has 0 atom stereocenters. The summed E-state index contributed by atoms with van der Waals surface area (Å²) in [6.07, 6.45) is 4.75. The second-order valence-corrected chi connectivity index (χ2v) is 15.4. The number of amides is 2. The zero-order valence-corrected chi connectivity index (χ0v) is 36.1. The SMILES string of the molecule is Nc1ccc(F)c(C(=O)N2CCOCC2)c1.O=C(Cl)c1cccnc1SCl.O=C(O)c1ccc[nH]c1=S.O=C(c1cc(-n2sc3ncccc3c2=O)ccc1F)N1CCOCC1. The number of halogens is 4. The first kappa shape index (κ1) is 47.4. The van der Waals surface area contributed by atoms with Crippen molar-refractivity contribution in [3.05, 3.63) is 140 Å². The highest BCUT2D eigenvalue weighted by atomic mass is 35.7. The van der Waals surface area contributed by atoms with Crippen LogP contribution in [0.3, 0.4) is 0 Å². The number of aromatic nitrogens is 4. The summed E-state index contributed by atoms with van der Waals surface area (Å²) >= 11 is 11.1. The minimum absolute atomic E-state index is 0.0295. The molecule has 0 saturated carbocycles. The number of benzene rings is 2. The first-order valence-corrected chi connectivity index (χ1v) is 21.4. The van der Waals surface area contributed by atoms with Crippen molar-refractivity contribution in [1.82, 2.24) is 28.7 Å². The van der Waals surface area contributed by atoms with E-state index in [9.17, 15) is 32.8 Å². The van der Waals surface area contributed by atoms with E-state index < -0.39 is 28.8 Å². The largest absolute Gasteiger partial charge is 0.478 e. The number of carbonyl (C=O) groups is 4. The van der Waals surface area contributed by atoms with E-state index in [1.54, 1.807) is 58.7 Å².